The molecule has 1 fully saturated rings. The fourth-order valence-electron chi connectivity index (χ4n) is 1.88. The lowest BCUT2D eigenvalue weighted by atomic mass is 9.94. The number of hydrogen-bond donors (Lipinski definition) is 0. The predicted octanol–water partition coefficient (Wildman–Crippen LogP) is 4.18. The summed E-state index contributed by atoms with van der Waals surface area (Å²) in [6.07, 6.45) is 4.23. The Morgan fingerprint density at radius 1 is 1.00 bits per heavy atom. The molecule has 0 spiro atoms. The van der Waals surface area contributed by atoms with E-state index in [2.05, 4.69) is 46.4 Å². The fraction of sp³-hybridized carbons (Fsp3) is 1.00. The minimum Gasteiger partial charge on any atom is -0.301 e. The van der Waals surface area contributed by atoms with Crippen molar-refractivity contribution < 1.29 is 0 Å². The number of piperidine rings is 1. The van der Waals surface area contributed by atoms with E-state index in [9.17, 15) is 0 Å². The SMILES string of the molecule is CC(C)C.CCC1CCN(C(C)C)CC1. The van der Waals surface area contributed by atoms with Crippen LogP contribution in [-0.2, 0) is 0 Å². The van der Waals surface area contributed by atoms with Crippen molar-refractivity contribution >= 4 is 0 Å². The summed E-state index contributed by atoms with van der Waals surface area (Å²) in [5.74, 6) is 1.85. The Morgan fingerprint density at radius 3 is 1.67 bits per heavy atom. The van der Waals surface area contributed by atoms with Gasteiger partial charge in [0.05, 0.1) is 0 Å². The fourth-order valence-corrected chi connectivity index (χ4v) is 1.88. The molecular weight excluding hydrogens is 182 g/mol. The van der Waals surface area contributed by atoms with Crippen LogP contribution in [0.15, 0.2) is 0 Å². The molecule has 1 heteroatoms. The zero-order valence-electron chi connectivity index (χ0n) is 11.7. The molecule has 0 aliphatic carbocycles. The average molecular weight is 213 g/mol. The average Bonchev–Trinajstić information content (AvgIpc) is 2.17. The maximum absolute atomic E-state index is 2.59. The molecule has 1 aliphatic heterocycles. The highest BCUT2D eigenvalue weighted by Crippen LogP contribution is 2.20. The van der Waals surface area contributed by atoms with Gasteiger partial charge in [-0.3, -0.25) is 0 Å². The van der Waals surface area contributed by atoms with E-state index in [0.717, 1.165) is 17.9 Å². The van der Waals surface area contributed by atoms with Crippen LogP contribution in [0.4, 0.5) is 0 Å². The van der Waals surface area contributed by atoms with Gasteiger partial charge in [-0.25, -0.2) is 0 Å². The van der Waals surface area contributed by atoms with E-state index in [4.69, 9.17) is 0 Å². The molecule has 1 rings (SSSR count). The number of likely N-dealkylation sites (tertiary alicyclic amines) is 1. The van der Waals surface area contributed by atoms with Crippen molar-refractivity contribution in [3.05, 3.63) is 0 Å². The molecule has 0 aromatic rings. The van der Waals surface area contributed by atoms with Crippen molar-refractivity contribution in [2.24, 2.45) is 11.8 Å². The molecule has 0 radical (unpaired) electrons. The van der Waals surface area contributed by atoms with Gasteiger partial charge in [-0.05, 0) is 51.6 Å². The molecule has 0 aromatic carbocycles. The van der Waals surface area contributed by atoms with Crippen LogP contribution in [0.1, 0.15) is 60.8 Å². The lowest BCUT2D eigenvalue weighted by molar-refractivity contribution is 0.148. The molecular formula is C14H31N. The van der Waals surface area contributed by atoms with Gasteiger partial charge in [0.15, 0.2) is 0 Å². The summed E-state index contributed by atoms with van der Waals surface area (Å²) in [4.78, 5) is 2.59. The largest absolute Gasteiger partial charge is 0.301 e. The molecule has 0 unspecified atom stereocenters. The normalized spacial score (nSPS) is 19.2. The second-order valence-electron chi connectivity index (χ2n) is 5.71. The topological polar surface area (TPSA) is 3.24 Å². The smallest absolute Gasteiger partial charge is 0.00385 e. The summed E-state index contributed by atoms with van der Waals surface area (Å²) >= 11 is 0. The van der Waals surface area contributed by atoms with Crippen molar-refractivity contribution in [2.75, 3.05) is 13.1 Å². The Balaban J connectivity index is 0.000000423. The third kappa shape index (κ3) is 7.84. The van der Waals surface area contributed by atoms with Gasteiger partial charge in [-0.15, -0.1) is 0 Å². The Morgan fingerprint density at radius 2 is 1.40 bits per heavy atom. The van der Waals surface area contributed by atoms with Crippen LogP contribution in [-0.4, -0.2) is 24.0 Å². The molecule has 0 N–H and O–H groups in total. The second kappa shape index (κ2) is 8.15. The Bertz CT molecular complexity index is 130. The zero-order chi connectivity index (χ0) is 11.8. The van der Waals surface area contributed by atoms with Crippen molar-refractivity contribution in [3.8, 4) is 0 Å². The molecule has 1 nitrogen and oxygen atoms in total. The molecule has 0 atom stereocenters. The summed E-state index contributed by atoms with van der Waals surface area (Å²) in [7, 11) is 0. The monoisotopic (exact) mass is 213 g/mol. The van der Waals surface area contributed by atoms with Crippen molar-refractivity contribution in [2.45, 2.75) is 66.8 Å². The Labute approximate surface area is 97.2 Å². The van der Waals surface area contributed by atoms with Crippen molar-refractivity contribution in [3.63, 3.8) is 0 Å². The van der Waals surface area contributed by atoms with Gasteiger partial charge in [-0.2, -0.15) is 0 Å². The van der Waals surface area contributed by atoms with Gasteiger partial charge in [0.1, 0.15) is 0 Å². The van der Waals surface area contributed by atoms with Crippen LogP contribution >= 0.6 is 0 Å². The quantitative estimate of drug-likeness (QED) is 0.665. The van der Waals surface area contributed by atoms with Crippen LogP contribution in [0.5, 0.6) is 0 Å². The minimum atomic E-state index is 0.757. The maximum atomic E-state index is 2.59. The van der Waals surface area contributed by atoms with E-state index in [0.29, 0.717) is 0 Å². The van der Waals surface area contributed by atoms with Crippen LogP contribution in [0.2, 0.25) is 0 Å². The lowest BCUT2D eigenvalue weighted by Gasteiger charge is -2.34. The highest BCUT2D eigenvalue weighted by Gasteiger charge is 2.18. The highest BCUT2D eigenvalue weighted by atomic mass is 15.1. The number of rotatable bonds is 2. The molecule has 1 heterocycles. The lowest BCUT2D eigenvalue weighted by Crippen LogP contribution is -2.38. The molecule has 1 aliphatic rings. The third-order valence-corrected chi connectivity index (χ3v) is 2.96. The number of nitrogens with zero attached hydrogens (tertiary/aromatic N) is 1. The van der Waals surface area contributed by atoms with E-state index < -0.39 is 0 Å². The maximum Gasteiger partial charge on any atom is 0.00385 e. The minimum absolute atomic E-state index is 0.757. The van der Waals surface area contributed by atoms with E-state index in [1.807, 2.05) is 0 Å². The third-order valence-electron chi connectivity index (χ3n) is 2.96. The molecule has 15 heavy (non-hydrogen) atoms. The van der Waals surface area contributed by atoms with Crippen LogP contribution in [0.3, 0.4) is 0 Å². The molecule has 92 valence electrons. The van der Waals surface area contributed by atoms with E-state index in [1.165, 1.54) is 32.4 Å². The summed E-state index contributed by atoms with van der Waals surface area (Å²) in [5, 5.41) is 0. The van der Waals surface area contributed by atoms with Gasteiger partial charge in [0, 0.05) is 6.04 Å². The van der Waals surface area contributed by atoms with Gasteiger partial charge < -0.3 is 4.90 Å². The van der Waals surface area contributed by atoms with Gasteiger partial charge >= 0.3 is 0 Å². The molecule has 0 amide bonds. The van der Waals surface area contributed by atoms with E-state index in [-0.39, 0.29) is 0 Å². The molecule has 0 saturated carbocycles. The first kappa shape index (κ1) is 15.0. The first-order valence-corrected chi connectivity index (χ1v) is 6.71. The van der Waals surface area contributed by atoms with Crippen LogP contribution in [0.25, 0.3) is 0 Å². The first-order chi connectivity index (χ1) is 6.97. The number of hydrogen-bond acceptors (Lipinski definition) is 1. The summed E-state index contributed by atoms with van der Waals surface area (Å²) in [5.41, 5.74) is 0. The molecule has 1 saturated heterocycles. The first-order valence-electron chi connectivity index (χ1n) is 6.71. The van der Waals surface area contributed by atoms with Crippen molar-refractivity contribution in [1.82, 2.24) is 4.90 Å². The van der Waals surface area contributed by atoms with E-state index >= 15 is 0 Å². The van der Waals surface area contributed by atoms with Crippen LogP contribution in [0, 0.1) is 11.8 Å². The highest BCUT2D eigenvalue weighted by molar-refractivity contribution is 4.73. The summed E-state index contributed by atoms with van der Waals surface area (Å²) < 4.78 is 0. The zero-order valence-corrected chi connectivity index (χ0v) is 11.7. The van der Waals surface area contributed by atoms with E-state index in [1.54, 1.807) is 0 Å². The van der Waals surface area contributed by atoms with Gasteiger partial charge in [-0.1, -0.05) is 34.1 Å². The van der Waals surface area contributed by atoms with Crippen LogP contribution < -0.4 is 0 Å². The Hall–Kier alpha value is -0.0400. The molecule has 0 bridgehead atoms. The predicted molar refractivity (Wildman–Crippen MR) is 70.2 cm³/mol. The summed E-state index contributed by atoms with van der Waals surface area (Å²) in [6.45, 7) is 16.1. The standard InChI is InChI=1S/C10H21N.C4H10/c1-4-10-5-7-11(8-6-10)9(2)3;1-4(2)3/h9-10H,4-8H2,1-3H3;4H,1-3H3. The Kier molecular flexibility index (Phi) is 8.13. The molecule has 0 aromatic heterocycles. The van der Waals surface area contributed by atoms with Gasteiger partial charge in [0.2, 0.25) is 0 Å². The van der Waals surface area contributed by atoms with Crippen molar-refractivity contribution in [1.29, 1.82) is 0 Å². The second-order valence-corrected chi connectivity index (χ2v) is 5.71. The summed E-state index contributed by atoms with van der Waals surface area (Å²) in [6, 6.07) is 0.757. The van der Waals surface area contributed by atoms with Gasteiger partial charge in [0.25, 0.3) is 0 Å².